The summed E-state index contributed by atoms with van der Waals surface area (Å²) in [6, 6.07) is 9.02. The molecule has 0 saturated carbocycles. The predicted molar refractivity (Wildman–Crippen MR) is 105 cm³/mol. The molecule has 4 aromatic rings. The summed E-state index contributed by atoms with van der Waals surface area (Å²) in [6.45, 7) is 4.04. The van der Waals surface area contributed by atoms with Crippen LogP contribution < -0.4 is 5.56 Å². The van der Waals surface area contributed by atoms with E-state index in [0.29, 0.717) is 34.2 Å². The Kier molecular flexibility index (Phi) is 4.74. The lowest BCUT2D eigenvalue weighted by Gasteiger charge is -2.09. The van der Waals surface area contributed by atoms with Crippen molar-refractivity contribution in [1.82, 2.24) is 19.2 Å². The number of para-hydroxylation sites is 1. The van der Waals surface area contributed by atoms with Gasteiger partial charge in [0.15, 0.2) is 5.16 Å². The Hall–Kier alpha value is -3.33. The van der Waals surface area contributed by atoms with E-state index < -0.39 is 5.97 Å². The van der Waals surface area contributed by atoms with Gasteiger partial charge >= 0.3 is 5.97 Å². The third-order valence-corrected chi connectivity index (χ3v) is 5.24. The van der Waals surface area contributed by atoms with Crippen molar-refractivity contribution >= 4 is 34.4 Å². The normalized spacial score (nSPS) is 11.2. The number of nitrogens with zero attached hydrogens (tertiary/aromatic N) is 4. The topological polar surface area (TPSA) is 91.6 Å². The van der Waals surface area contributed by atoms with Gasteiger partial charge in [0, 0.05) is 17.9 Å². The molecule has 0 radical (unpaired) electrons. The van der Waals surface area contributed by atoms with E-state index in [1.165, 1.54) is 29.7 Å². The third kappa shape index (κ3) is 2.89. The molecule has 0 saturated heterocycles. The van der Waals surface area contributed by atoms with Crippen molar-refractivity contribution in [3.8, 4) is 0 Å². The van der Waals surface area contributed by atoms with Crippen molar-refractivity contribution in [3.63, 3.8) is 0 Å². The van der Waals surface area contributed by atoms with Crippen LogP contribution in [0.3, 0.4) is 0 Å². The monoisotopic (exact) mass is 396 g/mol. The van der Waals surface area contributed by atoms with Crippen LogP contribution in [0, 0.1) is 0 Å². The lowest BCUT2D eigenvalue weighted by molar-refractivity contribution is 0.0564. The first-order valence-electron chi connectivity index (χ1n) is 8.40. The minimum Gasteiger partial charge on any atom is -0.463 e. The Labute approximate surface area is 163 Å². The van der Waals surface area contributed by atoms with Gasteiger partial charge in [-0.15, -0.1) is 16.8 Å². The average molecular weight is 396 g/mol. The van der Waals surface area contributed by atoms with Crippen molar-refractivity contribution in [2.45, 2.75) is 17.5 Å². The molecule has 8 nitrogen and oxygen atoms in total. The van der Waals surface area contributed by atoms with Crippen molar-refractivity contribution in [2.24, 2.45) is 0 Å². The lowest BCUT2D eigenvalue weighted by atomic mass is 10.2. The highest BCUT2D eigenvalue weighted by molar-refractivity contribution is 7.98. The number of thioether (sulfide) groups is 1. The second-order valence-electron chi connectivity index (χ2n) is 5.89. The van der Waals surface area contributed by atoms with Gasteiger partial charge in [-0.25, -0.2) is 4.79 Å². The predicted octanol–water partition coefficient (Wildman–Crippen LogP) is 2.90. The maximum atomic E-state index is 12.8. The van der Waals surface area contributed by atoms with Crippen LogP contribution in [-0.2, 0) is 17.0 Å². The van der Waals surface area contributed by atoms with Gasteiger partial charge in [-0.1, -0.05) is 30.0 Å². The Morgan fingerprint density at radius 2 is 2.14 bits per heavy atom. The summed E-state index contributed by atoms with van der Waals surface area (Å²) in [6.07, 6.45) is 3.09. The molecule has 9 heteroatoms. The van der Waals surface area contributed by atoms with E-state index in [0.717, 1.165) is 5.52 Å². The summed E-state index contributed by atoms with van der Waals surface area (Å²) in [5, 5.41) is 9.64. The number of benzene rings is 1. The highest BCUT2D eigenvalue weighted by Crippen LogP contribution is 2.26. The maximum absolute atomic E-state index is 12.8. The summed E-state index contributed by atoms with van der Waals surface area (Å²) in [5.41, 5.74) is 1.27. The fraction of sp³-hybridized carbons (Fsp3) is 0.158. The number of hydrogen-bond donors (Lipinski definition) is 0. The molecule has 1 aromatic carbocycles. The van der Waals surface area contributed by atoms with Crippen molar-refractivity contribution in [1.29, 1.82) is 0 Å². The van der Waals surface area contributed by atoms with Crippen molar-refractivity contribution in [3.05, 3.63) is 70.9 Å². The summed E-state index contributed by atoms with van der Waals surface area (Å²) in [5.74, 6) is 0.497. The lowest BCUT2D eigenvalue weighted by Crippen LogP contribution is -2.22. The Morgan fingerprint density at radius 1 is 1.32 bits per heavy atom. The van der Waals surface area contributed by atoms with E-state index in [-0.39, 0.29) is 11.3 Å². The van der Waals surface area contributed by atoms with E-state index >= 15 is 0 Å². The Bertz CT molecular complexity index is 1250. The van der Waals surface area contributed by atoms with Crippen LogP contribution in [0.15, 0.2) is 63.6 Å². The van der Waals surface area contributed by atoms with E-state index in [4.69, 9.17) is 9.15 Å². The number of carbonyl (C=O) groups excluding carboxylic acids is 1. The number of esters is 1. The van der Waals surface area contributed by atoms with Crippen LogP contribution >= 0.6 is 11.8 Å². The van der Waals surface area contributed by atoms with Gasteiger partial charge in [0.2, 0.25) is 11.5 Å². The minimum absolute atomic E-state index is 0.144. The first-order valence-corrected chi connectivity index (χ1v) is 9.39. The molecule has 0 N–H and O–H groups in total. The molecular weight excluding hydrogens is 380 g/mol. The standard InChI is InChI=1S/C19H16N4O4S/c1-3-9-22-16(24)13-6-4-5-7-14(13)23-18(22)20-21-19(23)28-11-12-8-10-27-15(12)17(25)26-2/h3-8,10H,1,9,11H2,2H3. The second kappa shape index (κ2) is 7.35. The number of carbonyl (C=O) groups is 1. The second-order valence-corrected chi connectivity index (χ2v) is 6.84. The van der Waals surface area contributed by atoms with Crippen LogP contribution in [0.2, 0.25) is 0 Å². The van der Waals surface area contributed by atoms with Gasteiger partial charge in [-0.2, -0.15) is 0 Å². The van der Waals surface area contributed by atoms with Gasteiger partial charge in [-0.3, -0.25) is 13.8 Å². The fourth-order valence-electron chi connectivity index (χ4n) is 2.98. The summed E-state index contributed by atoms with van der Waals surface area (Å²) < 4.78 is 13.3. The Morgan fingerprint density at radius 3 is 2.93 bits per heavy atom. The molecule has 0 unspecified atom stereocenters. The zero-order valence-electron chi connectivity index (χ0n) is 15.0. The number of ether oxygens (including phenoxy) is 1. The molecule has 28 heavy (non-hydrogen) atoms. The number of aromatic nitrogens is 4. The van der Waals surface area contributed by atoms with Gasteiger partial charge in [0.1, 0.15) is 0 Å². The molecular formula is C19H16N4O4S. The van der Waals surface area contributed by atoms with Crippen molar-refractivity contribution in [2.75, 3.05) is 7.11 Å². The van der Waals surface area contributed by atoms with Crippen LogP contribution in [0.1, 0.15) is 16.1 Å². The molecule has 0 bridgehead atoms. The van der Waals surface area contributed by atoms with E-state index in [2.05, 4.69) is 16.8 Å². The van der Waals surface area contributed by atoms with E-state index in [1.807, 2.05) is 22.6 Å². The number of hydrogen-bond acceptors (Lipinski definition) is 7. The van der Waals surface area contributed by atoms with Crippen LogP contribution in [0.5, 0.6) is 0 Å². The van der Waals surface area contributed by atoms with E-state index in [9.17, 15) is 9.59 Å². The van der Waals surface area contributed by atoms with Gasteiger partial charge in [0.05, 0.1) is 24.3 Å². The fourth-order valence-corrected chi connectivity index (χ4v) is 3.90. The van der Waals surface area contributed by atoms with Gasteiger partial charge in [-0.05, 0) is 18.2 Å². The molecule has 142 valence electrons. The molecule has 0 fully saturated rings. The maximum Gasteiger partial charge on any atom is 0.374 e. The first kappa shape index (κ1) is 18.1. The number of rotatable bonds is 6. The smallest absolute Gasteiger partial charge is 0.374 e. The highest BCUT2D eigenvalue weighted by Gasteiger charge is 2.19. The zero-order chi connectivity index (χ0) is 19.7. The minimum atomic E-state index is -0.531. The number of furan rings is 1. The highest BCUT2D eigenvalue weighted by atomic mass is 32.2. The molecule has 0 aliphatic rings. The van der Waals surface area contributed by atoms with Crippen LogP contribution in [-0.4, -0.2) is 32.2 Å². The van der Waals surface area contributed by atoms with E-state index in [1.54, 1.807) is 18.2 Å². The molecule has 0 aliphatic carbocycles. The van der Waals surface area contributed by atoms with Gasteiger partial charge in [0.25, 0.3) is 5.56 Å². The molecule has 4 rings (SSSR count). The van der Waals surface area contributed by atoms with Crippen LogP contribution in [0.25, 0.3) is 16.7 Å². The summed E-state index contributed by atoms with van der Waals surface area (Å²) in [7, 11) is 1.30. The van der Waals surface area contributed by atoms with Gasteiger partial charge < -0.3 is 9.15 Å². The summed E-state index contributed by atoms with van der Waals surface area (Å²) in [4.78, 5) is 24.6. The summed E-state index contributed by atoms with van der Waals surface area (Å²) >= 11 is 1.38. The SMILES string of the molecule is C=CCn1c(=O)c2ccccc2n2c(SCc3ccoc3C(=O)OC)nnc12. The zero-order valence-corrected chi connectivity index (χ0v) is 15.8. The Balaban J connectivity index is 1.81. The number of fused-ring (bicyclic) bond motifs is 3. The molecule has 0 atom stereocenters. The van der Waals surface area contributed by atoms with Crippen molar-refractivity contribution < 1.29 is 13.9 Å². The number of allylic oxidation sites excluding steroid dienone is 1. The molecule has 0 amide bonds. The quantitative estimate of drug-likeness (QED) is 0.281. The molecule has 0 aliphatic heterocycles. The third-order valence-electron chi connectivity index (χ3n) is 4.26. The average Bonchev–Trinajstić information content (AvgIpc) is 3.36. The van der Waals surface area contributed by atoms with Crippen LogP contribution in [0.4, 0.5) is 0 Å². The first-order chi connectivity index (χ1) is 13.7. The molecule has 3 heterocycles. The largest absolute Gasteiger partial charge is 0.463 e. The number of methoxy groups -OCH3 is 1. The molecule has 0 spiro atoms. The molecule has 3 aromatic heterocycles.